The summed E-state index contributed by atoms with van der Waals surface area (Å²) in [5.74, 6) is 0. The Hall–Kier alpha value is -1.61. The van der Waals surface area contributed by atoms with Crippen LogP contribution in [0, 0.1) is 0 Å². The van der Waals surface area contributed by atoms with E-state index in [1.165, 1.54) is 43.2 Å². The van der Waals surface area contributed by atoms with Crippen molar-refractivity contribution in [3.05, 3.63) is 42.7 Å². The first-order valence-electron chi connectivity index (χ1n) is 8.23. The van der Waals surface area contributed by atoms with Gasteiger partial charge in [0, 0.05) is 24.3 Å². The molecule has 0 radical (unpaired) electrons. The second-order valence-corrected chi connectivity index (χ2v) is 6.00. The van der Waals surface area contributed by atoms with Gasteiger partial charge in [0.25, 0.3) is 0 Å². The first kappa shape index (κ1) is 14.3. The highest BCUT2D eigenvalue weighted by Gasteiger charge is 2.11. The van der Waals surface area contributed by atoms with Crippen molar-refractivity contribution in [2.24, 2.45) is 0 Å². The van der Waals surface area contributed by atoms with Crippen LogP contribution in [0.2, 0.25) is 0 Å². The lowest BCUT2D eigenvalue weighted by atomic mass is 9.95. The molecular formula is C18H25N3. The number of nitrogens with one attached hydrogen (secondary N) is 1. The molecule has 1 N–H and O–H groups in total. The molecule has 3 rings (SSSR count). The summed E-state index contributed by atoms with van der Waals surface area (Å²) in [7, 11) is 0. The van der Waals surface area contributed by atoms with Gasteiger partial charge in [0.15, 0.2) is 0 Å². The van der Waals surface area contributed by atoms with Gasteiger partial charge in [0.1, 0.15) is 0 Å². The van der Waals surface area contributed by atoms with E-state index < -0.39 is 0 Å². The third kappa shape index (κ3) is 4.18. The summed E-state index contributed by atoms with van der Waals surface area (Å²) in [4.78, 5) is 0. The minimum atomic E-state index is 0.760. The minimum absolute atomic E-state index is 0.760. The molecule has 1 heterocycles. The largest absolute Gasteiger partial charge is 0.314 e. The lowest BCUT2D eigenvalue weighted by molar-refractivity contribution is 0.367. The van der Waals surface area contributed by atoms with E-state index in [2.05, 4.69) is 45.6 Å². The van der Waals surface area contributed by atoms with Crippen LogP contribution in [0.5, 0.6) is 0 Å². The molecule has 0 saturated heterocycles. The van der Waals surface area contributed by atoms with E-state index in [1.54, 1.807) is 0 Å². The van der Waals surface area contributed by atoms with Gasteiger partial charge in [-0.25, -0.2) is 0 Å². The fraction of sp³-hybridized carbons (Fsp3) is 0.500. The second kappa shape index (κ2) is 7.41. The zero-order valence-corrected chi connectivity index (χ0v) is 12.7. The van der Waals surface area contributed by atoms with Crippen molar-refractivity contribution in [1.82, 2.24) is 15.1 Å². The molecule has 2 aromatic rings. The highest BCUT2D eigenvalue weighted by molar-refractivity contribution is 5.61. The number of benzene rings is 1. The van der Waals surface area contributed by atoms with Crippen LogP contribution in [0.25, 0.3) is 11.1 Å². The summed E-state index contributed by atoms with van der Waals surface area (Å²) in [6.07, 6.45) is 12.2. The van der Waals surface area contributed by atoms with Crippen molar-refractivity contribution in [3.63, 3.8) is 0 Å². The van der Waals surface area contributed by atoms with Gasteiger partial charge in [-0.1, -0.05) is 49.6 Å². The Labute approximate surface area is 127 Å². The first-order chi connectivity index (χ1) is 10.4. The fourth-order valence-corrected chi connectivity index (χ4v) is 3.12. The average Bonchev–Trinajstić information content (AvgIpc) is 3.02. The Balaban J connectivity index is 1.42. The van der Waals surface area contributed by atoms with Crippen LogP contribution in [0.15, 0.2) is 42.7 Å². The Bertz CT molecular complexity index is 526. The summed E-state index contributed by atoms with van der Waals surface area (Å²) in [6, 6.07) is 11.2. The van der Waals surface area contributed by atoms with E-state index in [-0.39, 0.29) is 0 Å². The van der Waals surface area contributed by atoms with Crippen LogP contribution in [0.4, 0.5) is 0 Å². The SMILES string of the molecule is c1ccc(-c2cnn(CCCNC3CCCCC3)c2)cc1. The maximum absolute atomic E-state index is 4.47. The van der Waals surface area contributed by atoms with Crippen molar-refractivity contribution >= 4 is 0 Å². The Kier molecular flexibility index (Phi) is 5.06. The van der Waals surface area contributed by atoms with Crippen LogP contribution >= 0.6 is 0 Å². The molecule has 1 aromatic heterocycles. The van der Waals surface area contributed by atoms with E-state index in [1.807, 2.05) is 12.3 Å². The number of hydrogen-bond donors (Lipinski definition) is 1. The molecule has 3 heteroatoms. The predicted octanol–water partition coefficient (Wildman–Crippen LogP) is 3.86. The highest BCUT2D eigenvalue weighted by Crippen LogP contribution is 2.18. The van der Waals surface area contributed by atoms with Gasteiger partial charge in [0.2, 0.25) is 0 Å². The lowest BCUT2D eigenvalue weighted by Crippen LogP contribution is -2.32. The quantitative estimate of drug-likeness (QED) is 0.816. The zero-order valence-electron chi connectivity index (χ0n) is 12.7. The standard InChI is InChI=1S/C18H25N3/c1-3-8-16(9-4-1)17-14-20-21(15-17)13-7-12-19-18-10-5-2-6-11-18/h1,3-4,8-9,14-15,18-19H,2,5-7,10-13H2. The Morgan fingerprint density at radius 1 is 1.05 bits per heavy atom. The summed E-state index contributed by atoms with van der Waals surface area (Å²) in [6.45, 7) is 2.09. The first-order valence-corrected chi connectivity index (χ1v) is 8.23. The van der Waals surface area contributed by atoms with Crippen LogP contribution in [0.3, 0.4) is 0 Å². The van der Waals surface area contributed by atoms with Crippen molar-refractivity contribution in [1.29, 1.82) is 0 Å². The van der Waals surface area contributed by atoms with Gasteiger partial charge >= 0.3 is 0 Å². The summed E-state index contributed by atoms with van der Waals surface area (Å²) < 4.78 is 2.06. The molecule has 1 saturated carbocycles. The van der Waals surface area contributed by atoms with Gasteiger partial charge in [-0.3, -0.25) is 4.68 Å². The van der Waals surface area contributed by atoms with Gasteiger partial charge in [-0.05, 0) is 31.4 Å². The maximum atomic E-state index is 4.47. The molecule has 3 nitrogen and oxygen atoms in total. The van der Waals surface area contributed by atoms with Crippen LogP contribution in [0.1, 0.15) is 38.5 Å². The van der Waals surface area contributed by atoms with Crippen molar-refractivity contribution in [3.8, 4) is 11.1 Å². The molecule has 0 spiro atoms. The number of hydrogen-bond acceptors (Lipinski definition) is 2. The molecule has 1 aliphatic rings. The number of aryl methyl sites for hydroxylation is 1. The van der Waals surface area contributed by atoms with E-state index in [0.717, 1.165) is 25.6 Å². The zero-order chi connectivity index (χ0) is 14.3. The van der Waals surface area contributed by atoms with Crippen molar-refractivity contribution in [2.45, 2.75) is 51.1 Å². The fourth-order valence-electron chi connectivity index (χ4n) is 3.12. The molecule has 1 fully saturated rings. The van der Waals surface area contributed by atoms with Crippen molar-refractivity contribution < 1.29 is 0 Å². The third-order valence-electron chi connectivity index (χ3n) is 4.34. The van der Waals surface area contributed by atoms with Gasteiger partial charge in [-0.15, -0.1) is 0 Å². The van der Waals surface area contributed by atoms with E-state index in [4.69, 9.17) is 0 Å². The number of rotatable bonds is 6. The van der Waals surface area contributed by atoms with Crippen LogP contribution in [-0.4, -0.2) is 22.4 Å². The maximum Gasteiger partial charge on any atom is 0.0568 e. The molecule has 112 valence electrons. The highest BCUT2D eigenvalue weighted by atomic mass is 15.3. The lowest BCUT2D eigenvalue weighted by Gasteiger charge is -2.22. The molecule has 1 aliphatic carbocycles. The molecule has 0 aliphatic heterocycles. The number of nitrogens with zero attached hydrogens (tertiary/aromatic N) is 2. The second-order valence-electron chi connectivity index (χ2n) is 6.00. The molecule has 1 aromatic carbocycles. The number of aromatic nitrogens is 2. The van der Waals surface area contributed by atoms with E-state index >= 15 is 0 Å². The van der Waals surface area contributed by atoms with Gasteiger partial charge in [0.05, 0.1) is 6.20 Å². The Morgan fingerprint density at radius 3 is 2.67 bits per heavy atom. The molecule has 0 unspecified atom stereocenters. The summed E-state index contributed by atoms with van der Waals surface area (Å²) >= 11 is 0. The monoisotopic (exact) mass is 283 g/mol. The van der Waals surface area contributed by atoms with E-state index in [0.29, 0.717) is 0 Å². The predicted molar refractivity (Wildman–Crippen MR) is 87.2 cm³/mol. The topological polar surface area (TPSA) is 29.9 Å². The minimum Gasteiger partial charge on any atom is -0.314 e. The molecule has 0 amide bonds. The Morgan fingerprint density at radius 2 is 1.86 bits per heavy atom. The summed E-state index contributed by atoms with van der Waals surface area (Å²) in [5, 5.41) is 8.15. The summed E-state index contributed by atoms with van der Waals surface area (Å²) in [5.41, 5.74) is 2.44. The molecule has 0 bridgehead atoms. The molecule has 21 heavy (non-hydrogen) atoms. The van der Waals surface area contributed by atoms with Gasteiger partial charge < -0.3 is 5.32 Å². The van der Waals surface area contributed by atoms with Crippen molar-refractivity contribution in [2.75, 3.05) is 6.54 Å². The van der Waals surface area contributed by atoms with Crippen LogP contribution < -0.4 is 5.32 Å². The third-order valence-corrected chi connectivity index (χ3v) is 4.34. The normalized spacial score (nSPS) is 16.2. The van der Waals surface area contributed by atoms with Gasteiger partial charge in [-0.2, -0.15) is 5.10 Å². The van der Waals surface area contributed by atoms with Crippen LogP contribution in [-0.2, 0) is 6.54 Å². The average molecular weight is 283 g/mol. The van der Waals surface area contributed by atoms with E-state index in [9.17, 15) is 0 Å². The smallest absolute Gasteiger partial charge is 0.0568 e. The molecule has 0 atom stereocenters. The molecular weight excluding hydrogens is 258 g/mol.